The quantitative estimate of drug-likeness (QED) is 0.833. The highest BCUT2D eigenvalue weighted by Gasteiger charge is 1.99. The zero-order valence-electron chi connectivity index (χ0n) is 11.3. The number of nitrogens with one attached hydrogen (secondary N) is 2. The van der Waals surface area contributed by atoms with Crippen molar-refractivity contribution in [2.24, 2.45) is 0 Å². The lowest BCUT2D eigenvalue weighted by molar-refractivity contribution is 0.947. The molecule has 2 aromatic heterocycles. The largest absolute Gasteiger partial charge is 0.364 e. The van der Waals surface area contributed by atoms with Gasteiger partial charge in [-0.05, 0) is 31.5 Å². The zero-order chi connectivity index (χ0) is 13.5. The summed E-state index contributed by atoms with van der Waals surface area (Å²) < 4.78 is 0. The second-order valence-electron chi connectivity index (χ2n) is 4.32. The van der Waals surface area contributed by atoms with Crippen LogP contribution in [0.2, 0.25) is 0 Å². The Balaban J connectivity index is 1.95. The molecule has 2 N–H and O–H groups in total. The molecule has 0 aromatic carbocycles. The molecule has 2 aromatic rings. The lowest BCUT2D eigenvalue weighted by Crippen LogP contribution is -2.08. The van der Waals surface area contributed by atoms with Gasteiger partial charge in [0.2, 0.25) is 5.95 Å². The normalized spacial score (nSPS) is 10.2. The Kier molecular flexibility index (Phi) is 4.66. The summed E-state index contributed by atoms with van der Waals surface area (Å²) >= 11 is 0. The fraction of sp³-hybridized carbons (Fsp3) is 0.357. The maximum absolute atomic E-state index is 4.44. The number of anilines is 2. The van der Waals surface area contributed by atoms with Crippen LogP contribution in [-0.4, -0.2) is 21.5 Å². The van der Waals surface area contributed by atoms with Crippen molar-refractivity contribution in [2.75, 3.05) is 17.2 Å². The van der Waals surface area contributed by atoms with Crippen molar-refractivity contribution in [2.45, 2.75) is 26.8 Å². The molecular formula is C14H19N5. The van der Waals surface area contributed by atoms with Gasteiger partial charge in [0.05, 0.1) is 12.2 Å². The van der Waals surface area contributed by atoms with Gasteiger partial charge in [-0.15, -0.1) is 0 Å². The van der Waals surface area contributed by atoms with Crippen LogP contribution in [0.3, 0.4) is 0 Å². The van der Waals surface area contributed by atoms with E-state index in [9.17, 15) is 0 Å². The summed E-state index contributed by atoms with van der Waals surface area (Å²) in [6.45, 7) is 5.63. The molecule has 0 atom stereocenters. The van der Waals surface area contributed by atoms with Gasteiger partial charge in [0.15, 0.2) is 0 Å². The lowest BCUT2D eigenvalue weighted by Gasteiger charge is -2.07. The third-order valence-corrected chi connectivity index (χ3v) is 2.59. The maximum atomic E-state index is 4.44. The van der Waals surface area contributed by atoms with E-state index in [1.165, 1.54) is 0 Å². The number of aromatic nitrogens is 3. The Morgan fingerprint density at radius 3 is 2.79 bits per heavy atom. The fourth-order valence-corrected chi connectivity index (χ4v) is 1.66. The van der Waals surface area contributed by atoms with E-state index in [1.54, 1.807) is 6.20 Å². The van der Waals surface area contributed by atoms with Gasteiger partial charge in [0.1, 0.15) is 5.82 Å². The summed E-state index contributed by atoms with van der Waals surface area (Å²) in [5, 5.41) is 6.42. The van der Waals surface area contributed by atoms with Gasteiger partial charge < -0.3 is 10.6 Å². The highest BCUT2D eigenvalue weighted by atomic mass is 15.1. The molecule has 5 heteroatoms. The van der Waals surface area contributed by atoms with E-state index >= 15 is 0 Å². The predicted molar refractivity (Wildman–Crippen MR) is 77.1 cm³/mol. The van der Waals surface area contributed by atoms with Gasteiger partial charge in [-0.3, -0.25) is 4.98 Å². The molecule has 0 spiro atoms. The molecule has 0 fully saturated rings. The molecular weight excluding hydrogens is 238 g/mol. The Labute approximate surface area is 113 Å². The van der Waals surface area contributed by atoms with Crippen molar-refractivity contribution < 1.29 is 0 Å². The van der Waals surface area contributed by atoms with E-state index in [2.05, 4.69) is 32.5 Å². The predicted octanol–water partition coefficient (Wildman–Crippen LogP) is 2.61. The van der Waals surface area contributed by atoms with Crippen LogP contribution in [0.15, 0.2) is 30.5 Å². The molecule has 5 nitrogen and oxygen atoms in total. The summed E-state index contributed by atoms with van der Waals surface area (Å²) in [4.78, 5) is 13.0. The molecule has 0 aliphatic heterocycles. The van der Waals surface area contributed by atoms with Gasteiger partial charge in [-0.25, -0.2) is 4.98 Å². The first-order valence-electron chi connectivity index (χ1n) is 6.51. The average Bonchev–Trinajstić information content (AvgIpc) is 2.43. The molecule has 0 bridgehead atoms. The summed E-state index contributed by atoms with van der Waals surface area (Å²) in [5.74, 6) is 1.46. The van der Waals surface area contributed by atoms with Crippen molar-refractivity contribution in [3.05, 3.63) is 41.9 Å². The minimum atomic E-state index is 0.657. The molecule has 100 valence electrons. The minimum absolute atomic E-state index is 0.657. The van der Waals surface area contributed by atoms with Crippen molar-refractivity contribution in [1.82, 2.24) is 15.0 Å². The number of pyridine rings is 1. The van der Waals surface area contributed by atoms with E-state index in [0.29, 0.717) is 12.5 Å². The topological polar surface area (TPSA) is 62.7 Å². The second kappa shape index (κ2) is 6.68. The summed E-state index contributed by atoms with van der Waals surface area (Å²) in [7, 11) is 0. The molecule has 2 rings (SSSR count). The molecule has 0 aliphatic carbocycles. The summed E-state index contributed by atoms with van der Waals surface area (Å²) in [5.41, 5.74) is 2.02. The molecule has 0 aliphatic rings. The standard InChI is InChI=1S/C14H19N5/c1-3-8-15-14-16-9-7-13(19-14)17-10-12-6-4-5-11(2)18-12/h4-7,9H,3,8,10H2,1-2H3,(H2,15,16,17,19). The summed E-state index contributed by atoms with van der Waals surface area (Å²) in [6, 6.07) is 7.85. The first kappa shape index (κ1) is 13.3. The lowest BCUT2D eigenvalue weighted by atomic mass is 10.3. The third kappa shape index (κ3) is 4.21. The fourth-order valence-electron chi connectivity index (χ4n) is 1.66. The molecule has 19 heavy (non-hydrogen) atoms. The van der Waals surface area contributed by atoms with Crippen molar-refractivity contribution in [3.8, 4) is 0 Å². The van der Waals surface area contributed by atoms with E-state index in [0.717, 1.165) is 30.2 Å². The Bertz CT molecular complexity index is 527. The first-order valence-corrected chi connectivity index (χ1v) is 6.51. The number of nitrogens with zero attached hydrogens (tertiary/aromatic N) is 3. The minimum Gasteiger partial charge on any atom is -0.364 e. The second-order valence-corrected chi connectivity index (χ2v) is 4.32. The number of hydrogen-bond acceptors (Lipinski definition) is 5. The maximum Gasteiger partial charge on any atom is 0.224 e. The van der Waals surface area contributed by atoms with Gasteiger partial charge in [0, 0.05) is 18.4 Å². The van der Waals surface area contributed by atoms with E-state index in [-0.39, 0.29) is 0 Å². The molecule has 0 saturated heterocycles. The van der Waals surface area contributed by atoms with Crippen LogP contribution in [0, 0.1) is 6.92 Å². The van der Waals surface area contributed by atoms with Gasteiger partial charge in [-0.2, -0.15) is 4.98 Å². The van der Waals surface area contributed by atoms with E-state index in [1.807, 2.05) is 31.2 Å². The van der Waals surface area contributed by atoms with Crippen LogP contribution >= 0.6 is 0 Å². The molecule has 2 heterocycles. The van der Waals surface area contributed by atoms with Crippen molar-refractivity contribution >= 4 is 11.8 Å². The number of aryl methyl sites for hydroxylation is 1. The van der Waals surface area contributed by atoms with Gasteiger partial charge in [0.25, 0.3) is 0 Å². The molecule has 0 amide bonds. The summed E-state index contributed by atoms with van der Waals surface area (Å²) in [6.07, 6.45) is 2.80. The van der Waals surface area contributed by atoms with E-state index < -0.39 is 0 Å². The zero-order valence-corrected chi connectivity index (χ0v) is 11.3. The monoisotopic (exact) mass is 257 g/mol. The van der Waals surface area contributed by atoms with Gasteiger partial charge in [-0.1, -0.05) is 13.0 Å². The van der Waals surface area contributed by atoms with Crippen LogP contribution in [0.1, 0.15) is 24.7 Å². The van der Waals surface area contributed by atoms with Crippen LogP contribution < -0.4 is 10.6 Å². The molecule has 0 saturated carbocycles. The Hall–Kier alpha value is -2.17. The number of rotatable bonds is 6. The highest BCUT2D eigenvalue weighted by Crippen LogP contribution is 2.07. The first-order chi connectivity index (χ1) is 9.28. The van der Waals surface area contributed by atoms with Crippen molar-refractivity contribution in [1.29, 1.82) is 0 Å². The van der Waals surface area contributed by atoms with Gasteiger partial charge >= 0.3 is 0 Å². The van der Waals surface area contributed by atoms with Crippen LogP contribution in [0.5, 0.6) is 0 Å². The molecule has 0 unspecified atom stereocenters. The third-order valence-electron chi connectivity index (χ3n) is 2.59. The number of hydrogen-bond donors (Lipinski definition) is 2. The van der Waals surface area contributed by atoms with Crippen LogP contribution in [0.25, 0.3) is 0 Å². The molecule has 0 radical (unpaired) electrons. The smallest absolute Gasteiger partial charge is 0.224 e. The highest BCUT2D eigenvalue weighted by molar-refractivity contribution is 5.39. The average molecular weight is 257 g/mol. The van der Waals surface area contributed by atoms with E-state index in [4.69, 9.17) is 0 Å². The Morgan fingerprint density at radius 2 is 2.00 bits per heavy atom. The van der Waals surface area contributed by atoms with Crippen LogP contribution in [-0.2, 0) is 6.54 Å². The Morgan fingerprint density at radius 1 is 1.11 bits per heavy atom. The van der Waals surface area contributed by atoms with Crippen molar-refractivity contribution in [3.63, 3.8) is 0 Å². The van der Waals surface area contributed by atoms with Crippen LogP contribution in [0.4, 0.5) is 11.8 Å². The SMILES string of the molecule is CCCNc1nccc(NCc2cccc(C)n2)n1.